The number of para-hydroxylation sites is 1. The van der Waals surface area contributed by atoms with E-state index in [1.807, 2.05) is 6.92 Å². The molecule has 1 fully saturated rings. The lowest BCUT2D eigenvalue weighted by Gasteiger charge is -2.31. The molecule has 0 bridgehead atoms. The average molecular weight is 316 g/mol. The molecule has 3 rings (SSSR count). The van der Waals surface area contributed by atoms with Crippen molar-refractivity contribution in [3.63, 3.8) is 0 Å². The van der Waals surface area contributed by atoms with Crippen LogP contribution < -0.4 is 5.32 Å². The predicted octanol–water partition coefficient (Wildman–Crippen LogP) is 3.07. The van der Waals surface area contributed by atoms with E-state index in [9.17, 15) is 4.79 Å². The fourth-order valence-corrected chi connectivity index (χ4v) is 3.98. The first kappa shape index (κ1) is 16.3. The zero-order valence-electron chi connectivity index (χ0n) is 14.5. The number of likely N-dealkylation sites (tertiary alicyclic amines) is 1. The van der Waals surface area contributed by atoms with Crippen molar-refractivity contribution in [2.45, 2.75) is 40.2 Å². The minimum absolute atomic E-state index is 0.0195. The highest BCUT2D eigenvalue weighted by Crippen LogP contribution is 2.40. The molecule has 1 unspecified atom stereocenters. The van der Waals surface area contributed by atoms with E-state index < -0.39 is 0 Å². The number of hydrogen-bond acceptors (Lipinski definition) is 4. The van der Waals surface area contributed by atoms with Crippen LogP contribution in [-0.2, 0) is 22.5 Å². The smallest absolute Gasteiger partial charge is 0.313 e. The van der Waals surface area contributed by atoms with Crippen molar-refractivity contribution in [3.8, 4) is 0 Å². The van der Waals surface area contributed by atoms with Crippen molar-refractivity contribution < 1.29 is 9.53 Å². The highest BCUT2D eigenvalue weighted by molar-refractivity contribution is 5.78. The van der Waals surface area contributed by atoms with Gasteiger partial charge in [0, 0.05) is 25.3 Å². The Morgan fingerprint density at radius 2 is 2.26 bits per heavy atom. The van der Waals surface area contributed by atoms with Gasteiger partial charge >= 0.3 is 5.97 Å². The van der Waals surface area contributed by atoms with Gasteiger partial charge in [0.1, 0.15) is 0 Å². The van der Waals surface area contributed by atoms with Gasteiger partial charge in [-0.2, -0.15) is 0 Å². The molecule has 0 radical (unpaired) electrons. The largest absolute Gasteiger partial charge is 0.466 e. The number of hydrogen-bond donors (Lipinski definition) is 1. The predicted molar refractivity (Wildman–Crippen MR) is 92.4 cm³/mol. The van der Waals surface area contributed by atoms with Gasteiger partial charge in [-0.3, -0.25) is 9.69 Å². The van der Waals surface area contributed by atoms with Crippen LogP contribution in [0.5, 0.6) is 0 Å². The standard InChI is InChI=1S/C19H28N2O2/c1-4-23-18(22)19(14(2)3)9-11-21(13-19)12-16-7-5-6-15-8-10-20-17(15)16/h5-7,14,20H,4,8-13H2,1-3H3. The Kier molecular flexibility index (Phi) is 4.62. The fraction of sp³-hybridized carbons (Fsp3) is 0.632. The summed E-state index contributed by atoms with van der Waals surface area (Å²) in [6, 6.07) is 6.56. The van der Waals surface area contributed by atoms with Gasteiger partial charge in [0.05, 0.1) is 12.0 Å². The Morgan fingerprint density at radius 1 is 1.43 bits per heavy atom. The summed E-state index contributed by atoms with van der Waals surface area (Å²) in [7, 11) is 0. The summed E-state index contributed by atoms with van der Waals surface area (Å²) in [5.74, 6) is 0.278. The van der Waals surface area contributed by atoms with E-state index in [0.29, 0.717) is 12.5 Å². The molecule has 1 saturated heterocycles. The summed E-state index contributed by atoms with van der Waals surface area (Å²) in [4.78, 5) is 14.9. The van der Waals surface area contributed by atoms with E-state index in [0.717, 1.165) is 39.0 Å². The number of fused-ring (bicyclic) bond motifs is 1. The SMILES string of the molecule is CCOC(=O)C1(C(C)C)CCN(Cc2cccc3c2NCC3)C1. The van der Waals surface area contributed by atoms with Crippen molar-refractivity contribution in [2.24, 2.45) is 11.3 Å². The van der Waals surface area contributed by atoms with Gasteiger partial charge in [-0.25, -0.2) is 0 Å². The second-order valence-corrected chi connectivity index (χ2v) is 7.12. The first-order valence-corrected chi connectivity index (χ1v) is 8.81. The van der Waals surface area contributed by atoms with E-state index in [1.165, 1.54) is 16.8 Å². The van der Waals surface area contributed by atoms with Crippen LogP contribution in [0.15, 0.2) is 18.2 Å². The topological polar surface area (TPSA) is 41.6 Å². The molecule has 1 N–H and O–H groups in total. The second-order valence-electron chi connectivity index (χ2n) is 7.12. The monoisotopic (exact) mass is 316 g/mol. The lowest BCUT2D eigenvalue weighted by molar-refractivity contribution is -0.157. The molecule has 0 aliphatic carbocycles. The molecule has 126 valence electrons. The Hall–Kier alpha value is -1.55. The number of anilines is 1. The Bertz CT molecular complexity index is 585. The van der Waals surface area contributed by atoms with Crippen LogP contribution in [0.3, 0.4) is 0 Å². The number of ether oxygens (including phenoxy) is 1. The van der Waals surface area contributed by atoms with Crippen LogP contribution in [0.1, 0.15) is 38.3 Å². The first-order chi connectivity index (χ1) is 11.1. The van der Waals surface area contributed by atoms with E-state index in [-0.39, 0.29) is 11.4 Å². The van der Waals surface area contributed by atoms with Crippen molar-refractivity contribution in [2.75, 3.05) is 31.6 Å². The number of carbonyl (C=O) groups excluding carboxylic acids is 1. The molecule has 23 heavy (non-hydrogen) atoms. The van der Waals surface area contributed by atoms with Gasteiger partial charge in [-0.15, -0.1) is 0 Å². The third-order valence-electron chi connectivity index (χ3n) is 5.49. The van der Waals surface area contributed by atoms with Gasteiger partial charge in [0.15, 0.2) is 0 Å². The van der Waals surface area contributed by atoms with Gasteiger partial charge in [0.2, 0.25) is 0 Å². The summed E-state index contributed by atoms with van der Waals surface area (Å²) in [5.41, 5.74) is 3.73. The number of benzene rings is 1. The fourth-order valence-electron chi connectivity index (χ4n) is 3.98. The maximum Gasteiger partial charge on any atom is 0.313 e. The van der Waals surface area contributed by atoms with Crippen molar-refractivity contribution in [3.05, 3.63) is 29.3 Å². The van der Waals surface area contributed by atoms with E-state index in [4.69, 9.17) is 4.74 Å². The van der Waals surface area contributed by atoms with Gasteiger partial charge in [-0.1, -0.05) is 32.0 Å². The number of rotatable bonds is 5. The lowest BCUT2D eigenvalue weighted by atomic mass is 9.76. The van der Waals surface area contributed by atoms with Crippen molar-refractivity contribution >= 4 is 11.7 Å². The van der Waals surface area contributed by atoms with Gasteiger partial charge in [0.25, 0.3) is 0 Å². The molecular weight excluding hydrogens is 288 g/mol. The number of esters is 1. The van der Waals surface area contributed by atoms with Crippen LogP contribution in [0.2, 0.25) is 0 Å². The zero-order valence-corrected chi connectivity index (χ0v) is 14.5. The van der Waals surface area contributed by atoms with Crippen LogP contribution in [-0.4, -0.2) is 37.1 Å². The summed E-state index contributed by atoms with van der Waals surface area (Å²) in [6.07, 6.45) is 2.01. The number of carbonyl (C=O) groups is 1. The Balaban J connectivity index is 1.74. The molecule has 0 spiro atoms. The Labute approximate surface area is 139 Å². The third kappa shape index (κ3) is 2.97. The van der Waals surface area contributed by atoms with Crippen LogP contribution >= 0.6 is 0 Å². The minimum atomic E-state index is -0.346. The molecule has 1 aromatic carbocycles. The third-order valence-corrected chi connectivity index (χ3v) is 5.49. The summed E-state index contributed by atoms with van der Waals surface area (Å²) < 4.78 is 5.39. The van der Waals surface area contributed by atoms with E-state index in [2.05, 4.69) is 42.3 Å². The lowest BCUT2D eigenvalue weighted by Crippen LogP contribution is -2.40. The molecule has 0 aromatic heterocycles. The number of nitrogens with zero attached hydrogens (tertiary/aromatic N) is 1. The molecule has 4 heteroatoms. The zero-order chi connectivity index (χ0) is 16.4. The molecule has 4 nitrogen and oxygen atoms in total. The summed E-state index contributed by atoms with van der Waals surface area (Å²) >= 11 is 0. The molecule has 2 heterocycles. The van der Waals surface area contributed by atoms with Crippen LogP contribution in [0.4, 0.5) is 5.69 Å². The molecule has 1 atom stereocenters. The van der Waals surface area contributed by atoms with Gasteiger partial charge in [-0.05, 0) is 43.4 Å². The second kappa shape index (κ2) is 6.52. The average Bonchev–Trinajstić information content (AvgIpc) is 3.15. The van der Waals surface area contributed by atoms with E-state index >= 15 is 0 Å². The molecular formula is C19H28N2O2. The quantitative estimate of drug-likeness (QED) is 0.848. The molecule has 2 aliphatic heterocycles. The van der Waals surface area contributed by atoms with Crippen LogP contribution in [0, 0.1) is 11.3 Å². The first-order valence-electron chi connectivity index (χ1n) is 8.81. The normalized spacial score (nSPS) is 23.8. The maximum absolute atomic E-state index is 12.5. The maximum atomic E-state index is 12.5. The summed E-state index contributed by atoms with van der Waals surface area (Å²) in [6.45, 7) is 10.3. The van der Waals surface area contributed by atoms with Crippen molar-refractivity contribution in [1.82, 2.24) is 4.90 Å². The van der Waals surface area contributed by atoms with Gasteiger partial charge < -0.3 is 10.1 Å². The summed E-state index contributed by atoms with van der Waals surface area (Å²) in [5, 5.41) is 3.51. The minimum Gasteiger partial charge on any atom is -0.466 e. The highest BCUT2D eigenvalue weighted by Gasteiger charge is 2.48. The molecule has 0 amide bonds. The molecule has 2 aliphatic rings. The molecule has 1 aromatic rings. The highest BCUT2D eigenvalue weighted by atomic mass is 16.5. The molecule has 0 saturated carbocycles. The number of nitrogens with one attached hydrogen (secondary N) is 1. The Morgan fingerprint density at radius 3 is 3.00 bits per heavy atom. The van der Waals surface area contributed by atoms with Crippen molar-refractivity contribution in [1.29, 1.82) is 0 Å². The van der Waals surface area contributed by atoms with Crippen LogP contribution in [0.25, 0.3) is 0 Å². The van der Waals surface area contributed by atoms with E-state index in [1.54, 1.807) is 0 Å².